The molecule has 5 heteroatoms. The molecule has 3 aromatic rings. The molecule has 0 aliphatic rings. The number of nitrogens with one attached hydrogen (secondary N) is 1. The Bertz CT molecular complexity index is 888. The Morgan fingerprint density at radius 1 is 1.12 bits per heavy atom. The van der Waals surface area contributed by atoms with Gasteiger partial charge in [-0.1, -0.05) is 30.3 Å². The van der Waals surface area contributed by atoms with E-state index in [1.807, 2.05) is 55.5 Å². The number of carbonyl (C=O) groups excluding carboxylic acids is 1. The monoisotopic (exact) mass is 336 g/mol. The predicted octanol–water partition coefficient (Wildman–Crippen LogP) is 3.82. The number of aromatic nitrogens is 1. The normalized spacial score (nSPS) is 10.6. The van der Waals surface area contributed by atoms with Crippen LogP contribution in [0.4, 0.5) is 5.69 Å². The van der Waals surface area contributed by atoms with Crippen LogP contribution in [-0.4, -0.2) is 31.2 Å². The van der Waals surface area contributed by atoms with Crippen molar-refractivity contribution in [2.75, 3.05) is 25.6 Å². The minimum atomic E-state index is -0.266. The first-order valence-electron chi connectivity index (χ1n) is 8.06. The standard InChI is InChI=1S/C20H20N2O3/c1-14-7-8-17(18(13-14)25-12-11-24-2)22-20(23)19-16-6-4-3-5-15(16)9-10-21-19/h3-10,13H,11-12H2,1-2H3,(H,22,23). The van der Waals surface area contributed by atoms with Gasteiger partial charge in [-0.15, -0.1) is 0 Å². The highest BCUT2D eigenvalue weighted by Crippen LogP contribution is 2.27. The molecule has 5 nitrogen and oxygen atoms in total. The molecule has 0 atom stereocenters. The zero-order valence-corrected chi connectivity index (χ0v) is 14.3. The Labute approximate surface area is 146 Å². The summed E-state index contributed by atoms with van der Waals surface area (Å²) in [6.45, 7) is 2.86. The first kappa shape index (κ1) is 16.9. The maximum atomic E-state index is 12.7. The second-order valence-corrected chi connectivity index (χ2v) is 5.68. The van der Waals surface area contributed by atoms with Crippen molar-refractivity contribution in [1.82, 2.24) is 4.98 Å². The third kappa shape index (κ3) is 3.95. The average Bonchev–Trinajstić information content (AvgIpc) is 2.63. The first-order valence-corrected chi connectivity index (χ1v) is 8.06. The number of amides is 1. The molecular weight excluding hydrogens is 316 g/mol. The van der Waals surface area contributed by atoms with Gasteiger partial charge in [-0.05, 0) is 36.1 Å². The van der Waals surface area contributed by atoms with Gasteiger partial charge in [0.1, 0.15) is 18.1 Å². The highest BCUT2D eigenvalue weighted by atomic mass is 16.5. The second kappa shape index (κ2) is 7.77. The molecular formula is C20H20N2O3. The summed E-state index contributed by atoms with van der Waals surface area (Å²) in [6.07, 6.45) is 1.64. The lowest BCUT2D eigenvalue weighted by Crippen LogP contribution is -2.15. The lowest BCUT2D eigenvalue weighted by molar-refractivity contribution is 0.102. The van der Waals surface area contributed by atoms with Gasteiger partial charge in [0.15, 0.2) is 0 Å². The number of pyridine rings is 1. The van der Waals surface area contributed by atoms with Gasteiger partial charge in [0.05, 0.1) is 12.3 Å². The van der Waals surface area contributed by atoms with E-state index in [4.69, 9.17) is 9.47 Å². The quantitative estimate of drug-likeness (QED) is 0.695. The molecule has 2 aromatic carbocycles. The molecule has 0 aliphatic carbocycles. The Balaban J connectivity index is 1.87. The number of hydrogen-bond acceptors (Lipinski definition) is 4. The topological polar surface area (TPSA) is 60.5 Å². The fourth-order valence-electron chi connectivity index (χ4n) is 2.57. The molecule has 0 radical (unpaired) electrons. The van der Waals surface area contributed by atoms with Gasteiger partial charge in [-0.3, -0.25) is 9.78 Å². The van der Waals surface area contributed by atoms with Crippen LogP contribution in [0.5, 0.6) is 5.75 Å². The minimum absolute atomic E-state index is 0.266. The lowest BCUT2D eigenvalue weighted by atomic mass is 10.1. The van der Waals surface area contributed by atoms with Gasteiger partial charge in [0.2, 0.25) is 0 Å². The number of methoxy groups -OCH3 is 1. The molecule has 0 saturated heterocycles. The molecule has 1 amide bonds. The van der Waals surface area contributed by atoms with Crippen molar-refractivity contribution in [2.45, 2.75) is 6.92 Å². The molecule has 1 N–H and O–H groups in total. The van der Waals surface area contributed by atoms with Gasteiger partial charge in [-0.25, -0.2) is 0 Å². The summed E-state index contributed by atoms with van der Waals surface area (Å²) in [6, 6.07) is 15.2. The fraction of sp³-hybridized carbons (Fsp3) is 0.200. The van der Waals surface area contributed by atoms with Crippen LogP contribution in [0.1, 0.15) is 16.1 Å². The SMILES string of the molecule is COCCOc1cc(C)ccc1NC(=O)c1nccc2ccccc12. The number of aryl methyl sites for hydroxylation is 1. The van der Waals surface area contributed by atoms with Crippen LogP contribution < -0.4 is 10.1 Å². The summed E-state index contributed by atoms with van der Waals surface area (Å²) in [5, 5.41) is 4.70. The maximum Gasteiger partial charge on any atom is 0.275 e. The van der Waals surface area contributed by atoms with Crippen molar-refractivity contribution in [3.05, 3.63) is 66.0 Å². The van der Waals surface area contributed by atoms with Crippen LogP contribution in [-0.2, 0) is 4.74 Å². The largest absolute Gasteiger partial charge is 0.489 e. The molecule has 0 fully saturated rings. The van der Waals surface area contributed by atoms with E-state index in [9.17, 15) is 4.79 Å². The van der Waals surface area contributed by atoms with Gasteiger partial charge < -0.3 is 14.8 Å². The molecule has 1 heterocycles. The first-order chi connectivity index (χ1) is 12.2. The van der Waals surface area contributed by atoms with Crippen molar-refractivity contribution in [3.63, 3.8) is 0 Å². The van der Waals surface area contributed by atoms with E-state index in [0.29, 0.717) is 30.3 Å². The average molecular weight is 336 g/mol. The zero-order valence-electron chi connectivity index (χ0n) is 14.3. The number of anilines is 1. The van der Waals surface area contributed by atoms with E-state index in [-0.39, 0.29) is 5.91 Å². The fourth-order valence-corrected chi connectivity index (χ4v) is 2.57. The minimum Gasteiger partial charge on any atom is -0.489 e. The van der Waals surface area contributed by atoms with Gasteiger partial charge in [0, 0.05) is 18.7 Å². The summed E-state index contributed by atoms with van der Waals surface area (Å²) in [5.74, 6) is 0.350. The van der Waals surface area contributed by atoms with E-state index in [1.54, 1.807) is 13.3 Å². The summed E-state index contributed by atoms with van der Waals surface area (Å²) in [5.41, 5.74) is 2.05. The molecule has 0 unspecified atom stereocenters. The third-order valence-corrected chi connectivity index (χ3v) is 3.82. The molecule has 0 saturated carbocycles. The number of benzene rings is 2. The number of carbonyl (C=O) groups is 1. The molecule has 0 spiro atoms. The third-order valence-electron chi connectivity index (χ3n) is 3.82. The Hall–Kier alpha value is -2.92. The van der Waals surface area contributed by atoms with Crippen LogP contribution in [0.15, 0.2) is 54.7 Å². The Kier molecular flexibility index (Phi) is 5.26. The van der Waals surface area contributed by atoms with Crippen LogP contribution in [0, 0.1) is 6.92 Å². The van der Waals surface area contributed by atoms with E-state index < -0.39 is 0 Å². The number of ether oxygens (including phenoxy) is 2. The number of nitrogens with zero attached hydrogens (tertiary/aromatic N) is 1. The molecule has 1 aromatic heterocycles. The zero-order chi connectivity index (χ0) is 17.6. The number of rotatable bonds is 6. The van der Waals surface area contributed by atoms with Crippen molar-refractivity contribution < 1.29 is 14.3 Å². The van der Waals surface area contributed by atoms with E-state index >= 15 is 0 Å². The molecule has 25 heavy (non-hydrogen) atoms. The predicted molar refractivity (Wildman–Crippen MR) is 98.2 cm³/mol. The van der Waals surface area contributed by atoms with Crippen molar-refractivity contribution >= 4 is 22.4 Å². The number of hydrogen-bond donors (Lipinski definition) is 1. The van der Waals surface area contributed by atoms with Crippen molar-refractivity contribution in [3.8, 4) is 5.75 Å². The number of fused-ring (bicyclic) bond motifs is 1. The highest BCUT2D eigenvalue weighted by molar-refractivity contribution is 6.11. The Morgan fingerprint density at radius 3 is 2.80 bits per heavy atom. The maximum absolute atomic E-state index is 12.7. The lowest BCUT2D eigenvalue weighted by Gasteiger charge is -2.13. The van der Waals surface area contributed by atoms with E-state index in [2.05, 4.69) is 10.3 Å². The molecule has 0 aliphatic heterocycles. The van der Waals surface area contributed by atoms with Gasteiger partial charge >= 0.3 is 0 Å². The van der Waals surface area contributed by atoms with E-state index in [0.717, 1.165) is 16.3 Å². The Morgan fingerprint density at radius 2 is 1.96 bits per heavy atom. The second-order valence-electron chi connectivity index (χ2n) is 5.68. The van der Waals surface area contributed by atoms with Crippen LogP contribution >= 0.6 is 0 Å². The molecule has 3 rings (SSSR count). The summed E-state index contributed by atoms with van der Waals surface area (Å²) in [4.78, 5) is 17.0. The van der Waals surface area contributed by atoms with Crippen molar-refractivity contribution in [2.24, 2.45) is 0 Å². The van der Waals surface area contributed by atoms with Gasteiger partial charge in [0.25, 0.3) is 5.91 Å². The summed E-state index contributed by atoms with van der Waals surface area (Å²) < 4.78 is 10.7. The molecule has 0 bridgehead atoms. The van der Waals surface area contributed by atoms with Crippen molar-refractivity contribution in [1.29, 1.82) is 0 Å². The van der Waals surface area contributed by atoms with E-state index in [1.165, 1.54) is 0 Å². The smallest absolute Gasteiger partial charge is 0.275 e. The van der Waals surface area contributed by atoms with Crippen LogP contribution in [0.3, 0.4) is 0 Å². The van der Waals surface area contributed by atoms with Crippen LogP contribution in [0.25, 0.3) is 10.8 Å². The van der Waals surface area contributed by atoms with Gasteiger partial charge in [-0.2, -0.15) is 0 Å². The molecule has 128 valence electrons. The summed E-state index contributed by atoms with van der Waals surface area (Å²) in [7, 11) is 1.62. The van der Waals surface area contributed by atoms with Crippen LogP contribution in [0.2, 0.25) is 0 Å². The summed E-state index contributed by atoms with van der Waals surface area (Å²) >= 11 is 0. The highest BCUT2D eigenvalue weighted by Gasteiger charge is 2.14.